The van der Waals surface area contributed by atoms with Gasteiger partial charge in [-0.2, -0.15) is 5.26 Å². The number of nitriles is 1. The van der Waals surface area contributed by atoms with Gasteiger partial charge in [0.2, 0.25) is 5.91 Å². The zero-order valence-electron chi connectivity index (χ0n) is 15.6. The number of nitrogens with zero attached hydrogens (tertiary/aromatic N) is 4. The topological polar surface area (TPSA) is 115 Å². The van der Waals surface area contributed by atoms with Gasteiger partial charge in [0.15, 0.2) is 5.96 Å². The third kappa shape index (κ3) is 3.87. The summed E-state index contributed by atoms with van der Waals surface area (Å²) in [6.45, 7) is 3.09. The quantitative estimate of drug-likeness (QED) is 0.827. The van der Waals surface area contributed by atoms with Crippen molar-refractivity contribution in [2.45, 2.75) is 31.7 Å². The first-order chi connectivity index (χ1) is 12.8. The van der Waals surface area contributed by atoms with E-state index in [2.05, 4.69) is 16.4 Å². The van der Waals surface area contributed by atoms with E-state index in [1.807, 2.05) is 6.92 Å². The molecule has 2 heterocycles. The van der Waals surface area contributed by atoms with Crippen molar-refractivity contribution in [3.63, 3.8) is 0 Å². The Kier molecular flexibility index (Phi) is 5.04. The molecule has 3 amide bonds. The highest BCUT2D eigenvalue weighted by Crippen LogP contribution is 2.35. The minimum absolute atomic E-state index is 0.0543. The minimum atomic E-state index is -0.604. The standard InChI is InChI=1S/C19H24N6O2/c1-19(10-16(26)24(2)17(21)23-19)14-6-4-8-25(12-14)18(27)22-15-7-3-5-13(9-15)11-20/h3,5,7,9,14H,4,6,8,10,12H2,1-2H3,(H2,21,23)(H,22,27)/t14?,19-/m0/s1. The van der Waals surface area contributed by atoms with Crippen LogP contribution >= 0.6 is 0 Å². The number of anilines is 1. The van der Waals surface area contributed by atoms with E-state index in [0.29, 0.717) is 24.3 Å². The van der Waals surface area contributed by atoms with Crippen LogP contribution in [0, 0.1) is 17.2 Å². The predicted molar refractivity (Wildman–Crippen MR) is 102 cm³/mol. The van der Waals surface area contributed by atoms with E-state index in [9.17, 15) is 9.59 Å². The van der Waals surface area contributed by atoms with Crippen LogP contribution in [-0.4, -0.2) is 53.4 Å². The van der Waals surface area contributed by atoms with Crippen LogP contribution in [0.2, 0.25) is 0 Å². The van der Waals surface area contributed by atoms with Gasteiger partial charge in [-0.15, -0.1) is 0 Å². The summed E-state index contributed by atoms with van der Waals surface area (Å²) in [5.74, 6) is 0.224. The lowest BCUT2D eigenvalue weighted by Crippen LogP contribution is -2.55. The first-order valence-electron chi connectivity index (χ1n) is 9.00. The molecule has 2 aliphatic heterocycles. The number of rotatable bonds is 2. The fourth-order valence-corrected chi connectivity index (χ4v) is 3.70. The number of aliphatic imine (C=N–C) groups is 1. The molecule has 27 heavy (non-hydrogen) atoms. The molecule has 0 aromatic heterocycles. The molecule has 8 nitrogen and oxygen atoms in total. The molecule has 1 saturated heterocycles. The number of carbonyl (C=O) groups is 2. The lowest BCUT2D eigenvalue weighted by Gasteiger charge is -2.43. The summed E-state index contributed by atoms with van der Waals surface area (Å²) >= 11 is 0. The van der Waals surface area contributed by atoms with Crippen LogP contribution in [0.1, 0.15) is 31.7 Å². The number of hydrogen-bond donors (Lipinski definition) is 2. The number of urea groups is 1. The molecule has 8 heteroatoms. The maximum atomic E-state index is 12.7. The summed E-state index contributed by atoms with van der Waals surface area (Å²) in [5, 5.41) is 11.8. The van der Waals surface area contributed by atoms with Gasteiger partial charge in [-0.25, -0.2) is 9.79 Å². The van der Waals surface area contributed by atoms with Crippen LogP contribution in [0.25, 0.3) is 0 Å². The Bertz CT molecular complexity index is 830. The first-order valence-corrected chi connectivity index (χ1v) is 9.00. The monoisotopic (exact) mass is 368 g/mol. The van der Waals surface area contributed by atoms with E-state index in [0.717, 1.165) is 12.8 Å². The summed E-state index contributed by atoms with van der Waals surface area (Å²) in [6.07, 6.45) is 2.01. The van der Waals surface area contributed by atoms with Gasteiger partial charge in [0.25, 0.3) is 0 Å². The van der Waals surface area contributed by atoms with E-state index < -0.39 is 5.54 Å². The summed E-state index contributed by atoms with van der Waals surface area (Å²) in [5.41, 5.74) is 6.39. The Morgan fingerprint density at radius 2 is 2.26 bits per heavy atom. The Morgan fingerprint density at radius 3 is 2.96 bits per heavy atom. The highest BCUT2D eigenvalue weighted by atomic mass is 16.2. The van der Waals surface area contributed by atoms with E-state index in [1.54, 1.807) is 36.2 Å². The Hall–Kier alpha value is -3.08. The van der Waals surface area contributed by atoms with Crippen molar-refractivity contribution in [2.24, 2.45) is 16.6 Å². The van der Waals surface area contributed by atoms with Crippen LogP contribution in [0.4, 0.5) is 10.5 Å². The van der Waals surface area contributed by atoms with E-state index in [4.69, 9.17) is 11.0 Å². The van der Waals surface area contributed by atoms with Gasteiger partial charge in [0, 0.05) is 31.7 Å². The third-order valence-electron chi connectivity index (χ3n) is 5.43. The average Bonchev–Trinajstić information content (AvgIpc) is 2.66. The van der Waals surface area contributed by atoms with Gasteiger partial charge >= 0.3 is 6.03 Å². The van der Waals surface area contributed by atoms with Crippen LogP contribution in [0.5, 0.6) is 0 Å². The molecule has 2 aliphatic rings. The fraction of sp³-hybridized carbons (Fsp3) is 0.474. The van der Waals surface area contributed by atoms with Crippen molar-refractivity contribution >= 4 is 23.6 Å². The Balaban J connectivity index is 1.71. The lowest BCUT2D eigenvalue weighted by molar-refractivity contribution is -0.129. The zero-order valence-corrected chi connectivity index (χ0v) is 15.6. The third-order valence-corrected chi connectivity index (χ3v) is 5.43. The maximum absolute atomic E-state index is 12.7. The summed E-state index contributed by atoms with van der Waals surface area (Å²) in [6, 6.07) is 8.66. The molecule has 3 N–H and O–H groups in total. The van der Waals surface area contributed by atoms with Gasteiger partial charge in [-0.1, -0.05) is 6.07 Å². The Morgan fingerprint density at radius 1 is 1.48 bits per heavy atom. The second kappa shape index (κ2) is 7.27. The van der Waals surface area contributed by atoms with Crippen molar-refractivity contribution < 1.29 is 9.59 Å². The smallest absolute Gasteiger partial charge is 0.321 e. The Labute approximate surface area is 158 Å². The largest absolute Gasteiger partial charge is 0.369 e. The number of amides is 3. The number of likely N-dealkylation sites (tertiary alicyclic amines) is 1. The van der Waals surface area contributed by atoms with Gasteiger partial charge in [-0.3, -0.25) is 9.69 Å². The summed E-state index contributed by atoms with van der Waals surface area (Å²) in [4.78, 5) is 32.6. The van der Waals surface area contributed by atoms with Gasteiger partial charge in [0.1, 0.15) is 0 Å². The van der Waals surface area contributed by atoms with Crippen molar-refractivity contribution in [3.8, 4) is 6.07 Å². The molecule has 3 rings (SSSR count). The molecule has 0 spiro atoms. The molecule has 1 aromatic carbocycles. The molecule has 0 saturated carbocycles. The summed E-state index contributed by atoms with van der Waals surface area (Å²) in [7, 11) is 1.62. The normalized spacial score (nSPS) is 25.6. The number of hydrogen-bond acceptors (Lipinski definition) is 5. The van der Waals surface area contributed by atoms with Gasteiger partial charge in [-0.05, 0) is 38.0 Å². The van der Waals surface area contributed by atoms with Crippen molar-refractivity contribution in [1.82, 2.24) is 9.80 Å². The zero-order chi connectivity index (χ0) is 19.6. The van der Waals surface area contributed by atoms with Crippen molar-refractivity contribution in [1.29, 1.82) is 5.26 Å². The number of piperidine rings is 1. The SMILES string of the molecule is CN1C(=O)C[C@@](C)(C2CCCN(C(=O)Nc3cccc(C#N)c3)C2)N=C1N. The molecule has 0 radical (unpaired) electrons. The second-order valence-corrected chi connectivity index (χ2v) is 7.36. The predicted octanol–water partition coefficient (Wildman–Crippen LogP) is 1.74. The van der Waals surface area contributed by atoms with E-state index in [1.165, 1.54) is 4.90 Å². The number of carbonyl (C=O) groups excluding carboxylic acids is 2. The first kappa shape index (κ1) is 18.7. The highest BCUT2D eigenvalue weighted by molar-refractivity contribution is 5.98. The van der Waals surface area contributed by atoms with Gasteiger partial charge < -0.3 is 16.0 Å². The molecular weight excluding hydrogens is 344 g/mol. The number of nitrogens with one attached hydrogen (secondary N) is 1. The van der Waals surface area contributed by atoms with Crippen LogP contribution in [0.3, 0.4) is 0 Å². The number of guanidine groups is 1. The molecule has 1 unspecified atom stereocenters. The molecule has 142 valence electrons. The molecule has 0 bridgehead atoms. The molecule has 0 aliphatic carbocycles. The van der Waals surface area contributed by atoms with Crippen molar-refractivity contribution in [2.75, 3.05) is 25.5 Å². The van der Waals surface area contributed by atoms with Crippen LogP contribution in [0.15, 0.2) is 29.3 Å². The minimum Gasteiger partial charge on any atom is -0.369 e. The molecule has 1 aromatic rings. The summed E-state index contributed by atoms with van der Waals surface area (Å²) < 4.78 is 0. The van der Waals surface area contributed by atoms with Crippen LogP contribution < -0.4 is 11.1 Å². The number of nitrogens with two attached hydrogens (primary N) is 1. The van der Waals surface area contributed by atoms with E-state index in [-0.39, 0.29) is 30.2 Å². The molecular formula is C19H24N6O2. The maximum Gasteiger partial charge on any atom is 0.321 e. The molecule has 2 atom stereocenters. The second-order valence-electron chi connectivity index (χ2n) is 7.36. The fourth-order valence-electron chi connectivity index (χ4n) is 3.70. The van der Waals surface area contributed by atoms with E-state index >= 15 is 0 Å². The number of benzene rings is 1. The van der Waals surface area contributed by atoms with Gasteiger partial charge in [0.05, 0.1) is 23.6 Å². The van der Waals surface area contributed by atoms with Crippen LogP contribution in [-0.2, 0) is 4.79 Å². The lowest BCUT2D eigenvalue weighted by atomic mass is 9.77. The average molecular weight is 368 g/mol. The molecule has 1 fully saturated rings. The highest BCUT2D eigenvalue weighted by Gasteiger charge is 2.43. The van der Waals surface area contributed by atoms with Crippen molar-refractivity contribution in [3.05, 3.63) is 29.8 Å².